The van der Waals surface area contributed by atoms with Crippen LogP contribution in [0.4, 0.5) is 14.6 Å². The molecular formula is C21H17F2N5O. The number of phenols is 1. The van der Waals surface area contributed by atoms with Crippen molar-refractivity contribution < 1.29 is 13.9 Å². The Bertz CT molecular complexity index is 1230. The number of nitrogen functional groups attached to an aromatic ring is 1. The zero-order chi connectivity index (χ0) is 20.1. The number of halogens is 2. The van der Waals surface area contributed by atoms with Crippen LogP contribution in [0.3, 0.4) is 0 Å². The van der Waals surface area contributed by atoms with Crippen molar-refractivity contribution in [1.29, 1.82) is 0 Å². The number of anilines is 1. The van der Waals surface area contributed by atoms with Crippen LogP contribution in [0.25, 0.3) is 22.3 Å². The Morgan fingerprint density at radius 2 is 2.00 bits per heavy atom. The van der Waals surface area contributed by atoms with Gasteiger partial charge in [0, 0.05) is 11.6 Å². The van der Waals surface area contributed by atoms with E-state index in [1.807, 2.05) is 6.07 Å². The molecule has 0 spiro atoms. The van der Waals surface area contributed by atoms with Gasteiger partial charge in [-0.15, -0.1) is 0 Å². The fourth-order valence-corrected chi connectivity index (χ4v) is 4.10. The molecule has 0 amide bonds. The number of aromatic nitrogens is 4. The third-order valence-electron chi connectivity index (χ3n) is 5.42. The number of hydrogen-bond acceptors (Lipinski definition) is 5. The molecule has 0 bridgehead atoms. The lowest BCUT2D eigenvalue weighted by Crippen LogP contribution is -2.21. The molecule has 0 saturated carbocycles. The molecule has 2 heterocycles. The largest absolute Gasteiger partial charge is 0.508 e. The van der Waals surface area contributed by atoms with E-state index in [0.29, 0.717) is 34.3 Å². The number of phenolic OH excluding ortho intramolecular Hbond substituents is 1. The minimum absolute atomic E-state index is 0.132. The van der Waals surface area contributed by atoms with Gasteiger partial charge in [0.1, 0.15) is 35.2 Å². The first-order valence-corrected chi connectivity index (χ1v) is 9.26. The van der Waals surface area contributed by atoms with Gasteiger partial charge in [-0.2, -0.15) is 5.10 Å². The second-order valence-electron chi connectivity index (χ2n) is 7.22. The highest BCUT2D eigenvalue weighted by atomic mass is 19.1. The van der Waals surface area contributed by atoms with Crippen LogP contribution >= 0.6 is 0 Å². The Balaban J connectivity index is 1.68. The second kappa shape index (κ2) is 6.51. The number of nitrogens with zero attached hydrogens (tertiary/aromatic N) is 4. The van der Waals surface area contributed by atoms with Gasteiger partial charge in [-0.25, -0.2) is 23.4 Å². The van der Waals surface area contributed by atoms with Crippen molar-refractivity contribution in [2.45, 2.75) is 25.3 Å². The number of aromatic hydroxyl groups is 1. The van der Waals surface area contributed by atoms with Gasteiger partial charge in [0.05, 0.1) is 11.4 Å². The summed E-state index contributed by atoms with van der Waals surface area (Å²) in [5.74, 6) is -0.825. The van der Waals surface area contributed by atoms with Gasteiger partial charge in [-0.05, 0) is 48.6 Å². The lowest BCUT2D eigenvalue weighted by Gasteiger charge is -2.25. The van der Waals surface area contributed by atoms with Crippen LogP contribution in [0.1, 0.15) is 23.6 Å². The predicted molar refractivity (Wildman–Crippen MR) is 104 cm³/mol. The highest BCUT2D eigenvalue weighted by molar-refractivity contribution is 5.98. The topological polar surface area (TPSA) is 89.8 Å². The van der Waals surface area contributed by atoms with Crippen LogP contribution in [0.15, 0.2) is 42.7 Å². The smallest absolute Gasteiger partial charge is 0.164 e. The van der Waals surface area contributed by atoms with E-state index in [1.165, 1.54) is 24.5 Å². The highest BCUT2D eigenvalue weighted by Gasteiger charge is 2.27. The predicted octanol–water partition coefficient (Wildman–Crippen LogP) is 3.79. The zero-order valence-electron chi connectivity index (χ0n) is 15.3. The number of benzene rings is 2. The van der Waals surface area contributed by atoms with Crippen molar-refractivity contribution in [1.82, 2.24) is 19.7 Å². The summed E-state index contributed by atoms with van der Waals surface area (Å²) < 4.78 is 30.0. The minimum Gasteiger partial charge on any atom is -0.508 e. The molecule has 1 atom stereocenters. The summed E-state index contributed by atoms with van der Waals surface area (Å²) in [4.78, 5) is 8.39. The van der Waals surface area contributed by atoms with Crippen LogP contribution in [-0.4, -0.2) is 24.9 Å². The van der Waals surface area contributed by atoms with Crippen LogP contribution < -0.4 is 5.73 Å². The lowest BCUT2D eigenvalue weighted by atomic mass is 9.88. The van der Waals surface area contributed by atoms with E-state index < -0.39 is 5.82 Å². The van der Waals surface area contributed by atoms with E-state index >= 15 is 0 Å². The van der Waals surface area contributed by atoms with E-state index in [9.17, 15) is 13.9 Å². The Hall–Kier alpha value is -3.55. The fourth-order valence-electron chi connectivity index (χ4n) is 4.10. The highest BCUT2D eigenvalue weighted by Crippen LogP contribution is 2.37. The number of rotatable bonds is 2. The molecule has 5 rings (SSSR count). The van der Waals surface area contributed by atoms with Crippen LogP contribution in [-0.2, 0) is 12.8 Å². The zero-order valence-corrected chi connectivity index (χ0v) is 15.3. The maximum atomic E-state index is 14.4. The first kappa shape index (κ1) is 17.5. The van der Waals surface area contributed by atoms with Gasteiger partial charge in [-0.3, -0.25) is 0 Å². The Morgan fingerprint density at radius 3 is 2.83 bits per heavy atom. The van der Waals surface area contributed by atoms with Gasteiger partial charge in [0.25, 0.3) is 0 Å². The number of fused-ring (bicyclic) bond motifs is 2. The number of nitrogens with two attached hydrogens (primary N) is 1. The Morgan fingerprint density at radius 1 is 1.14 bits per heavy atom. The maximum absolute atomic E-state index is 14.4. The van der Waals surface area contributed by atoms with Crippen molar-refractivity contribution in [2.24, 2.45) is 0 Å². The number of hydrogen-bond donors (Lipinski definition) is 2. The molecule has 29 heavy (non-hydrogen) atoms. The molecule has 0 fully saturated rings. The molecular weight excluding hydrogens is 376 g/mol. The molecule has 4 aromatic rings. The molecule has 8 heteroatoms. The molecule has 0 saturated heterocycles. The van der Waals surface area contributed by atoms with Gasteiger partial charge < -0.3 is 10.8 Å². The molecule has 3 N–H and O–H groups in total. The van der Waals surface area contributed by atoms with Crippen molar-refractivity contribution in [2.75, 3.05) is 5.73 Å². The standard InChI is InChI=1S/C21H17F2N5O/c22-13-6-12(7-15(29)8-13)19-18-20(24)25-10-26-21(18)28(27-19)14-5-4-11-2-1-3-17(23)16(11)9-14/h1-3,6-8,10,14,29H,4-5,9H2,(H2,24,25,26). The van der Waals surface area contributed by atoms with Gasteiger partial charge in [0.2, 0.25) is 0 Å². The summed E-state index contributed by atoms with van der Waals surface area (Å²) in [6, 6.07) is 8.70. The lowest BCUT2D eigenvalue weighted by molar-refractivity contribution is 0.405. The van der Waals surface area contributed by atoms with Crippen LogP contribution in [0.5, 0.6) is 5.75 Å². The summed E-state index contributed by atoms with van der Waals surface area (Å²) >= 11 is 0. The van der Waals surface area contributed by atoms with E-state index in [4.69, 9.17) is 5.73 Å². The van der Waals surface area contributed by atoms with Gasteiger partial charge in [-0.1, -0.05) is 12.1 Å². The Labute approximate surface area is 164 Å². The third kappa shape index (κ3) is 2.88. The van der Waals surface area contributed by atoms with Crippen molar-refractivity contribution in [3.63, 3.8) is 0 Å². The molecule has 2 aromatic carbocycles. The first-order valence-electron chi connectivity index (χ1n) is 9.26. The van der Waals surface area contributed by atoms with Crippen LogP contribution in [0.2, 0.25) is 0 Å². The van der Waals surface area contributed by atoms with Crippen LogP contribution in [0, 0.1) is 11.6 Å². The van der Waals surface area contributed by atoms with Crippen molar-refractivity contribution in [3.8, 4) is 17.0 Å². The normalized spacial score (nSPS) is 16.1. The molecule has 1 unspecified atom stereocenters. The minimum atomic E-state index is -0.591. The molecule has 1 aliphatic rings. The maximum Gasteiger partial charge on any atom is 0.164 e. The molecule has 6 nitrogen and oxygen atoms in total. The van der Waals surface area contributed by atoms with Crippen molar-refractivity contribution in [3.05, 3.63) is 65.5 Å². The van der Waals surface area contributed by atoms with Gasteiger partial charge >= 0.3 is 0 Å². The summed E-state index contributed by atoms with van der Waals surface area (Å²) in [5, 5.41) is 15.0. The van der Waals surface area contributed by atoms with Crippen molar-refractivity contribution >= 4 is 16.9 Å². The molecule has 1 aliphatic carbocycles. The molecule has 0 aliphatic heterocycles. The summed E-state index contributed by atoms with van der Waals surface area (Å²) in [6.45, 7) is 0. The third-order valence-corrected chi connectivity index (χ3v) is 5.42. The average Bonchev–Trinajstić information content (AvgIpc) is 3.08. The Kier molecular flexibility index (Phi) is 3.94. The van der Waals surface area contributed by atoms with E-state index in [1.54, 1.807) is 10.7 Å². The monoisotopic (exact) mass is 393 g/mol. The SMILES string of the molecule is Nc1ncnc2c1c(-c1cc(O)cc(F)c1)nn2C1CCc2cccc(F)c2C1. The molecule has 146 valence electrons. The summed E-state index contributed by atoms with van der Waals surface area (Å²) in [7, 11) is 0. The molecule has 2 aromatic heterocycles. The molecule has 0 radical (unpaired) electrons. The first-order chi connectivity index (χ1) is 14.0. The summed E-state index contributed by atoms with van der Waals surface area (Å²) in [6.07, 6.45) is 3.29. The van der Waals surface area contributed by atoms with E-state index in [2.05, 4.69) is 15.1 Å². The van der Waals surface area contributed by atoms with E-state index in [-0.39, 0.29) is 23.4 Å². The second-order valence-corrected chi connectivity index (χ2v) is 7.22. The number of aryl methyl sites for hydroxylation is 1. The fraction of sp³-hybridized carbons (Fsp3) is 0.190. The quantitative estimate of drug-likeness (QED) is 0.541. The van der Waals surface area contributed by atoms with E-state index in [0.717, 1.165) is 24.5 Å². The summed E-state index contributed by atoms with van der Waals surface area (Å²) in [5.41, 5.74) is 9.03. The average molecular weight is 393 g/mol. The van der Waals surface area contributed by atoms with Gasteiger partial charge in [0.15, 0.2) is 5.65 Å².